The molecule has 0 fully saturated rings. The molecule has 1 aliphatic rings. The number of aliphatic imine (C=N–C) groups is 1. The molecule has 1 aromatic carbocycles. The van der Waals surface area contributed by atoms with E-state index in [1.54, 1.807) is 24.3 Å². The highest BCUT2D eigenvalue weighted by Gasteiger charge is 2.35. The lowest BCUT2D eigenvalue weighted by Gasteiger charge is -2.34. The number of hydrogen-bond acceptors (Lipinski definition) is 7. The van der Waals surface area contributed by atoms with Crippen molar-refractivity contribution in [3.8, 4) is 5.75 Å². The molecule has 148 valence electrons. The SMILES string of the molecule is COc1ccc(C(=O)Nc2cc(Cl)c(F)c([C@]3(C)CSN(C)C(N)=N3)c2)nc1. The topological polar surface area (TPSA) is 92.8 Å². The molecule has 1 aliphatic heterocycles. The summed E-state index contributed by atoms with van der Waals surface area (Å²) >= 11 is 7.50. The van der Waals surface area contributed by atoms with Gasteiger partial charge in [-0.15, -0.1) is 0 Å². The summed E-state index contributed by atoms with van der Waals surface area (Å²) in [5, 5.41) is 2.57. The van der Waals surface area contributed by atoms with Crippen LogP contribution in [0, 0.1) is 5.82 Å². The number of amides is 1. The second kappa shape index (κ2) is 7.84. The molecule has 1 atom stereocenters. The van der Waals surface area contributed by atoms with Crippen molar-refractivity contribution < 1.29 is 13.9 Å². The van der Waals surface area contributed by atoms with E-state index in [0.717, 1.165) is 0 Å². The fourth-order valence-corrected chi connectivity index (χ4v) is 3.72. The van der Waals surface area contributed by atoms with Crippen molar-refractivity contribution in [1.82, 2.24) is 9.29 Å². The van der Waals surface area contributed by atoms with E-state index in [1.807, 2.05) is 0 Å². The van der Waals surface area contributed by atoms with E-state index < -0.39 is 17.3 Å². The van der Waals surface area contributed by atoms with Crippen LogP contribution in [0.1, 0.15) is 23.0 Å². The van der Waals surface area contributed by atoms with Crippen LogP contribution >= 0.6 is 23.5 Å². The summed E-state index contributed by atoms with van der Waals surface area (Å²) in [5.74, 6) is 0.237. The van der Waals surface area contributed by atoms with E-state index in [4.69, 9.17) is 22.1 Å². The number of benzene rings is 1. The standard InChI is InChI=1S/C18H19ClFN5O2S/c1-18(9-28-25(2)17(21)24-18)12-6-10(7-13(19)15(12)20)23-16(26)14-5-4-11(27-3)8-22-14/h4-8H,9H2,1-3H3,(H2,21,24)(H,23,26)/t18-/m0/s1. The van der Waals surface area contributed by atoms with E-state index in [1.165, 1.54) is 43.5 Å². The molecule has 0 bridgehead atoms. The van der Waals surface area contributed by atoms with E-state index in [9.17, 15) is 9.18 Å². The minimum atomic E-state index is -0.923. The Morgan fingerprint density at radius 2 is 2.21 bits per heavy atom. The highest BCUT2D eigenvalue weighted by Crippen LogP contribution is 2.39. The molecule has 2 aromatic rings. The Kier molecular flexibility index (Phi) is 5.66. The van der Waals surface area contributed by atoms with Crippen molar-refractivity contribution in [3.05, 3.63) is 52.6 Å². The van der Waals surface area contributed by atoms with Crippen molar-refractivity contribution in [3.63, 3.8) is 0 Å². The fraction of sp³-hybridized carbons (Fsp3) is 0.278. The van der Waals surface area contributed by atoms with Crippen LogP contribution in [0.4, 0.5) is 10.1 Å². The van der Waals surface area contributed by atoms with Gasteiger partial charge in [-0.25, -0.2) is 14.4 Å². The first kappa shape index (κ1) is 20.2. The Balaban J connectivity index is 1.92. The molecular weight excluding hydrogens is 405 g/mol. The fourth-order valence-electron chi connectivity index (χ4n) is 2.67. The molecule has 0 unspecified atom stereocenters. The number of anilines is 1. The van der Waals surface area contributed by atoms with Crippen LogP contribution in [-0.2, 0) is 5.54 Å². The van der Waals surface area contributed by atoms with Crippen molar-refractivity contribution in [1.29, 1.82) is 0 Å². The Morgan fingerprint density at radius 1 is 1.46 bits per heavy atom. The summed E-state index contributed by atoms with van der Waals surface area (Å²) in [6.45, 7) is 1.77. The van der Waals surface area contributed by atoms with Crippen molar-refractivity contribution in [2.24, 2.45) is 10.7 Å². The largest absolute Gasteiger partial charge is 0.495 e. The Labute approximate surface area is 171 Å². The van der Waals surface area contributed by atoms with Crippen LogP contribution in [-0.4, -0.2) is 41.1 Å². The Morgan fingerprint density at radius 3 is 2.82 bits per heavy atom. The van der Waals surface area contributed by atoms with Gasteiger partial charge in [-0.3, -0.25) is 9.10 Å². The van der Waals surface area contributed by atoms with Gasteiger partial charge in [0.25, 0.3) is 5.91 Å². The van der Waals surface area contributed by atoms with Crippen LogP contribution in [0.2, 0.25) is 5.02 Å². The lowest BCUT2D eigenvalue weighted by molar-refractivity contribution is 0.102. The lowest BCUT2D eigenvalue weighted by atomic mass is 9.93. The van der Waals surface area contributed by atoms with Crippen molar-refractivity contribution >= 4 is 41.1 Å². The summed E-state index contributed by atoms with van der Waals surface area (Å²) in [4.78, 5) is 20.9. The number of nitrogens with two attached hydrogens (primary N) is 1. The quantitative estimate of drug-likeness (QED) is 0.733. The van der Waals surface area contributed by atoms with Gasteiger partial charge in [0.2, 0.25) is 5.96 Å². The van der Waals surface area contributed by atoms with Gasteiger partial charge in [0, 0.05) is 24.1 Å². The number of methoxy groups -OCH3 is 1. The van der Waals surface area contributed by atoms with Crippen LogP contribution in [0.25, 0.3) is 0 Å². The molecular formula is C18H19ClFN5O2S. The number of nitrogens with zero attached hydrogens (tertiary/aromatic N) is 3. The van der Waals surface area contributed by atoms with Crippen molar-refractivity contribution in [2.75, 3.05) is 25.2 Å². The first-order valence-electron chi connectivity index (χ1n) is 8.26. The zero-order valence-electron chi connectivity index (χ0n) is 15.5. The lowest BCUT2D eigenvalue weighted by Crippen LogP contribution is -2.40. The van der Waals surface area contributed by atoms with Gasteiger partial charge in [-0.2, -0.15) is 0 Å². The number of guanidine groups is 1. The molecule has 0 saturated heterocycles. The molecule has 2 heterocycles. The molecule has 10 heteroatoms. The second-order valence-electron chi connectivity index (χ2n) is 6.37. The maximum atomic E-state index is 14.8. The number of aromatic nitrogens is 1. The predicted molar refractivity (Wildman–Crippen MR) is 109 cm³/mol. The number of carbonyl (C=O) groups is 1. The second-order valence-corrected chi connectivity index (χ2v) is 7.87. The van der Waals surface area contributed by atoms with Gasteiger partial charge in [0.05, 0.1) is 18.3 Å². The maximum absolute atomic E-state index is 14.8. The van der Waals surface area contributed by atoms with Gasteiger partial charge in [-0.1, -0.05) is 11.6 Å². The molecule has 7 nitrogen and oxygen atoms in total. The summed E-state index contributed by atoms with van der Waals surface area (Å²) in [6, 6.07) is 6.02. The smallest absolute Gasteiger partial charge is 0.274 e. The Bertz CT molecular complexity index is 940. The first-order chi connectivity index (χ1) is 13.2. The zero-order valence-corrected chi connectivity index (χ0v) is 17.1. The highest BCUT2D eigenvalue weighted by molar-refractivity contribution is 7.97. The number of nitrogens with one attached hydrogen (secondary N) is 1. The molecule has 0 saturated carbocycles. The molecule has 28 heavy (non-hydrogen) atoms. The monoisotopic (exact) mass is 423 g/mol. The summed E-state index contributed by atoms with van der Waals surface area (Å²) in [7, 11) is 3.29. The van der Waals surface area contributed by atoms with E-state index in [2.05, 4.69) is 15.3 Å². The molecule has 0 radical (unpaired) electrons. The normalized spacial score (nSPS) is 19.2. The average Bonchev–Trinajstić information content (AvgIpc) is 2.67. The minimum absolute atomic E-state index is 0.116. The Hall–Kier alpha value is -2.52. The van der Waals surface area contributed by atoms with E-state index in [-0.39, 0.29) is 22.2 Å². The third-order valence-corrected chi connectivity index (χ3v) is 5.83. The molecule has 1 amide bonds. The number of carbonyl (C=O) groups excluding carboxylic acids is 1. The maximum Gasteiger partial charge on any atom is 0.274 e. The summed E-state index contributed by atoms with van der Waals surface area (Å²) < 4.78 is 21.5. The summed E-state index contributed by atoms with van der Waals surface area (Å²) in [6.07, 6.45) is 1.44. The number of rotatable bonds is 4. The van der Waals surface area contributed by atoms with Gasteiger partial charge in [-0.05, 0) is 43.1 Å². The highest BCUT2D eigenvalue weighted by atomic mass is 35.5. The molecule has 3 N–H and O–H groups in total. The van der Waals surface area contributed by atoms with Crippen LogP contribution in [0.5, 0.6) is 5.75 Å². The molecule has 0 spiro atoms. The molecule has 3 rings (SSSR count). The molecule has 0 aliphatic carbocycles. The van der Waals surface area contributed by atoms with E-state index >= 15 is 0 Å². The predicted octanol–water partition coefficient (Wildman–Crippen LogP) is 3.26. The number of hydrogen-bond donors (Lipinski definition) is 2. The summed E-state index contributed by atoms with van der Waals surface area (Å²) in [5.41, 5.74) is 5.76. The van der Waals surface area contributed by atoms with Gasteiger partial charge >= 0.3 is 0 Å². The van der Waals surface area contributed by atoms with Gasteiger partial charge < -0.3 is 15.8 Å². The van der Waals surface area contributed by atoms with Crippen molar-refractivity contribution in [2.45, 2.75) is 12.5 Å². The number of ether oxygens (including phenoxy) is 1. The van der Waals surface area contributed by atoms with Gasteiger partial charge in [0.15, 0.2) is 0 Å². The average molecular weight is 424 g/mol. The van der Waals surface area contributed by atoms with Crippen LogP contribution in [0.15, 0.2) is 35.5 Å². The number of pyridine rings is 1. The van der Waals surface area contributed by atoms with E-state index in [0.29, 0.717) is 17.2 Å². The third kappa shape index (κ3) is 4.00. The first-order valence-corrected chi connectivity index (χ1v) is 9.58. The van der Waals surface area contributed by atoms with Gasteiger partial charge in [0.1, 0.15) is 22.8 Å². The number of halogens is 2. The zero-order chi connectivity index (χ0) is 20.5. The minimum Gasteiger partial charge on any atom is -0.495 e. The van der Waals surface area contributed by atoms with Crippen LogP contribution < -0.4 is 15.8 Å². The third-order valence-electron chi connectivity index (χ3n) is 4.29. The van der Waals surface area contributed by atoms with Crippen LogP contribution in [0.3, 0.4) is 0 Å². The molecule has 1 aromatic heterocycles.